The van der Waals surface area contributed by atoms with Gasteiger partial charge >= 0.3 is 0 Å². The van der Waals surface area contributed by atoms with E-state index in [1.54, 1.807) is 12.4 Å². The molecule has 0 bridgehead atoms. The van der Waals surface area contributed by atoms with E-state index in [1.807, 2.05) is 97.1 Å². The van der Waals surface area contributed by atoms with Gasteiger partial charge in [-0.3, -0.25) is 9.83 Å². The maximum atomic E-state index is 9.18. The van der Waals surface area contributed by atoms with Crippen molar-refractivity contribution in [1.29, 1.82) is 10.5 Å². The van der Waals surface area contributed by atoms with E-state index >= 15 is 0 Å². The van der Waals surface area contributed by atoms with Crippen molar-refractivity contribution in [1.82, 2.24) is 9.97 Å². The topological polar surface area (TPSA) is 77.7 Å². The molecule has 0 fully saturated rings. The Bertz CT molecular complexity index is 1510. The van der Waals surface area contributed by atoms with Crippen LogP contribution in [0.5, 0.6) is 0 Å². The fraction of sp³-hybridized carbons (Fsp3) is 0. The van der Waals surface area contributed by atoms with E-state index in [-0.39, 0.29) is 36.9 Å². The molecule has 37 heavy (non-hydrogen) atoms. The maximum Gasteiger partial charge on any atom is 0.142 e. The van der Waals surface area contributed by atoms with Gasteiger partial charge in [0.15, 0.2) is 0 Å². The van der Waals surface area contributed by atoms with Crippen LogP contribution < -0.4 is 0 Å². The smallest absolute Gasteiger partial charge is 0.142 e. The van der Waals surface area contributed by atoms with Crippen LogP contribution in [0.15, 0.2) is 103 Å². The Morgan fingerprint density at radius 1 is 0.757 bits per heavy atom. The van der Waals surface area contributed by atoms with Crippen LogP contribution >= 0.6 is 0 Å². The first-order valence-electron chi connectivity index (χ1n) is 10.9. The Morgan fingerprint density at radius 2 is 1.51 bits per heavy atom. The number of nitriles is 2. The molecule has 5 rings (SSSR count). The first kappa shape index (κ1) is 26.7. The molecule has 0 atom stereocenters. The van der Waals surface area contributed by atoms with Crippen molar-refractivity contribution in [3.05, 3.63) is 138 Å². The predicted molar refractivity (Wildman–Crippen MR) is 138 cm³/mol. The number of aromatic nitrogens is 2. The monoisotopic (exact) mass is 652 g/mol. The van der Waals surface area contributed by atoms with Crippen molar-refractivity contribution in [3.63, 3.8) is 0 Å². The van der Waals surface area contributed by atoms with Crippen molar-refractivity contribution in [3.8, 4) is 45.8 Å². The number of pyridine rings is 2. The van der Waals surface area contributed by atoms with Gasteiger partial charge in [0.1, 0.15) is 5.69 Å². The van der Waals surface area contributed by atoms with Crippen LogP contribution in [0.4, 0.5) is 5.69 Å². The third kappa shape index (κ3) is 6.60. The Balaban J connectivity index is 0.000000246. The zero-order valence-corrected chi connectivity index (χ0v) is 21.8. The number of benzene rings is 3. The molecule has 177 valence electrons. The van der Waals surface area contributed by atoms with Gasteiger partial charge in [-0.15, -0.1) is 53.6 Å². The molecule has 6 heteroatoms. The average molecular weight is 652 g/mol. The summed E-state index contributed by atoms with van der Waals surface area (Å²) in [7, 11) is 0. The molecule has 0 saturated carbocycles. The zero-order chi connectivity index (χ0) is 25.2. The van der Waals surface area contributed by atoms with Crippen molar-refractivity contribution in [2.24, 2.45) is 0 Å². The summed E-state index contributed by atoms with van der Waals surface area (Å²) >= 11 is 0. The molecular weight excluding hydrogens is 635 g/mol. The summed E-state index contributed by atoms with van der Waals surface area (Å²) in [6.45, 7) is 7.20. The summed E-state index contributed by atoms with van der Waals surface area (Å²) in [5.41, 5.74) is 5.41. The first-order chi connectivity index (χ1) is 17.7. The Morgan fingerprint density at radius 3 is 2.11 bits per heavy atom. The molecule has 2 heterocycles. The van der Waals surface area contributed by atoms with Crippen molar-refractivity contribution in [2.75, 3.05) is 0 Å². The van der Waals surface area contributed by atoms with Crippen LogP contribution in [-0.4, -0.2) is 9.97 Å². The average Bonchev–Trinajstić information content (AvgIpc) is 2.98. The van der Waals surface area contributed by atoms with Gasteiger partial charge in [0.25, 0.3) is 0 Å². The molecule has 0 aliphatic heterocycles. The zero-order valence-electron chi connectivity index (χ0n) is 19.4. The maximum absolute atomic E-state index is 9.18. The molecule has 3 aromatic carbocycles. The summed E-state index contributed by atoms with van der Waals surface area (Å²) in [5.74, 6) is 0. The predicted octanol–water partition coefficient (Wildman–Crippen LogP) is 7.06. The van der Waals surface area contributed by atoms with Crippen LogP contribution in [-0.2, 0) is 20.1 Å². The number of hydrogen-bond donors (Lipinski definition) is 0. The van der Waals surface area contributed by atoms with Gasteiger partial charge in [0.2, 0.25) is 0 Å². The minimum Gasteiger partial charge on any atom is -0.305 e. The SMILES string of the molecule is [C-]#[N+]c1cc(-c2ccc(-c3ccccc3)cn2)[c-]c(C#N)c1C#N.[Ir].[c-]1ccccc1-c1ccccn1. The fourth-order valence-corrected chi connectivity index (χ4v) is 3.42. The quantitative estimate of drug-likeness (QED) is 0.196. The van der Waals surface area contributed by atoms with Crippen molar-refractivity contribution >= 4 is 5.69 Å². The second kappa shape index (κ2) is 13.2. The standard InChI is InChI=1S/C20H9N4.C11H8N.Ir/c1-23-20-10-16(9-17(11-21)18(20)12-22)19-8-7-15(13-24-19)14-5-3-2-4-6-14;1-2-6-10(7-3-1)11-8-4-5-9-12-11;/h2-8,10,13H;1-6,8-9H;/q2*-1;. The van der Waals surface area contributed by atoms with Crippen LogP contribution in [0, 0.1) is 41.4 Å². The van der Waals surface area contributed by atoms with Gasteiger partial charge in [-0.1, -0.05) is 54.6 Å². The molecule has 0 aliphatic carbocycles. The van der Waals surface area contributed by atoms with E-state index in [2.05, 4.69) is 26.9 Å². The largest absolute Gasteiger partial charge is 0.305 e. The van der Waals surface area contributed by atoms with E-state index in [4.69, 9.17) is 11.8 Å². The Hall–Kier alpha value is -4.92. The first-order valence-corrected chi connectivity index (χ1v) is 10.9. The number of nitrogens with zero attached hydrogens (tertiary/aromatic N) is 5. The summed E-state index contributed by atoms with van der Waals surface area (Å²) in [4.78, 5) is 12.0. The molecule has 0 aliphatic rings. The van der Waals surface area contributed by atoms with Crippen molar-refractivity contribution < 1.29 is 20.1 Å². The van der Waals surface area contributed by atoms with E-state index < -0.39 is 0 Å². The molecule has 5 aromatic rings. The molecule has 2 aromatic heterocycles. The van der Waals surface area contributed by atoms with Crippen LogP contribution in [0.3, 0.4) is 0 Å². The third-order valence-electron chi connectivity index (χ3n) is 5.19. The minimum absolute atomic E-state index is 0. The Kier molecular flexibility index (Phi) is 9.55. The van der Waals surface area contributed by atoms with Crippen LogP contribution in [0.2, 0.25) is 0 Å². The number of hydrogen-bond acceptors (Lipinski definition) is 4. The molecule has 0 N–H and O–H groups in total. The van der Waals surface area contributed by atoms with Gasteiger partial charge in [-0.25, -0.2) is 10.5 Å². The van der Waals surface area contributed by atoms with Gasteiger partial charge < -0.3 is 4.98 Å². The van der Waals surface area contributed by atoms with E-state index in [1.165, 1.54) is 6.07 Å². The van der Waals surface area contributed by atoms with Crippen molar-refractivity contribution in [2.45, 2.75) is 0 Å². The molecule has 0 spiro atoms. The molecule has 1 radical (unpaired) electrons. The summed E-state index contributed by atoms with van der Waals surface area (Å²) in [5, 5.41) is 18.3. The summed E-state index contributed by atoms with van der Waals surface area (Å²) in [6, 6.07) is 38.6. The second-order valence-corrected chi connectivity index (χ2v) is 7.44. The normalized spacial score (nSPS) is 9.32. The molecule has 0 unspecified atom stereocenters. The molecule has 0 saturated heterocycles. The summed E-state index contributed by atoms with van der Waals surface area (Å²) in [6.07, 6.45) is 3.52. The third-order valence-corrected chi connectivity index (χ3v) is 5.19. The van der Waals surface area contributed by atoms with E-state index in [0.717, 1.165) is 22.4 Å². The fourth-order valence-electron chi connectivity index (χ4n) is 3.42. The summed E-state index contributed by atoms with van der Waals surface area (Å²) < 4.78 is 0. The molecular formula is C31H17IrN5-2. The Labute approximate surface area is 229 Å². The number of rotatable bonds is 3. The van der Waals surface area contributed by atoms with Gasteiger partial charge in [0, 0.05) is 49.8 Å². The minimum atomic E-state index is 0. The van der Waals surface area contributed by atoms with Crippen LogP contribution in [0.25, 0.3) is 38.5 Å². The van der Waals surface area contributed by atoms with Gasteiger partial charge in [-0.05, 0) is 34.5 Å². The van der Waals surface area contributed by atoms with Gasteiger partial charge in [0.05, 0.1) is 6.57 Å². The van der Waals surface area contributed by atoms with Crippen LogP contribution in [0.1, 0.15) is 11.1 Å². The molecule has 0 amide bonds. The van der Waals surface area contributed by atoms with Gasteiger partial charge in [-0.2, -0.15) is 0 Å². The van der Waals surface area contributed by atoms with E-state index in [9.17, 15) is 5.26 Å². The second-order valence-electron chi connectivity index (χ2n) is 7.44. The molecule has 5 nitrogen and oxygen atoms in total. The van der Waals surface area contributed by atoms with E-state index in [0.29, 0.717) is 11.3 Å².